The van der Waals surface area contributed by atoms with Crippen molar-refractivity contribution in [3.63, 3.8) is 0 Å². The molecule has 1 unspecified atom stereocenters. The molecule has 7 N–H and O–H groups in total. The molecule has 0 heterocycles. The van der Waals surface area contributed by atoms with E-state index < -0.39 is 17.6 Å². The van der Waals surface area contributed by atoms with Gasteiger partial charge in [-0.15, -0.1) is 0 Å². The fourth-order valence-electron chi connectivity index (χ4n) is 0.636. The Morgan fingerprint density at radius 3 is 1.64 bits per heavy atom. The van der Waals surface area contributed by atoms with Gasteiger partial charge in [0.05, 0.1) is 0 Å². The van der Waals surface area contributed by atoms with Crippen molar-refractivity contribution >= 4 is 0 Å². The number of hydrogen-bond donors (Lipinski definition) is 6. The first-order valence-corrected chi connectivity index (χ1v) is 3.13. The van der Waals surface area contributed by atoms with Crippen molar-refractivity contribution in [2.45, 2.75) is 25.5 Å². The second kappa shape index (κ2) is 3.02. The van der Waals surface area contributed by atoms with Crippen LogP contribution in [0.5, 0.6) is 0 Å². The van der Waals surface area contributed by atoms with Gasteiger partial charge in [-0.2, -0.15) is 5.48 Å². The molecule has 0 aromatic heterocycles. The van der Waals surface area contributed by atoms with Gasteiger partial charge in [-0.25, -0.2) is 0 Å². The van der Waals surface area contributed by atoms with Crippen molar-refractivity contribution in [3.8, 4) is 0 Å². The fourth-order valence-corrected chi connectivity index (χ4v) is 0.636. The smallest absolute Gasteiger partial charge is 0.266 e. The molecule has 0 aromatic rings. The molecule has 68 valence electrons. The SMILES string of the molecule is CC(C)C(O)(NO)C(N)(O)O. The van der Waals surface area contributed by atoms with Gasteiger partial charge in [-0.3, -0.25) is 5.73 Å². The second-order valence-electron chi connectivity index (χ2n) is 2.76. The zero-order valence-electron chi connectivity index (χ0n) is 6.44. The zero-order valence-corrected chi connectivity index (χ0v) is 6.44. The van der Waals surface area contributed by atoms with E-state index in [1.54, 1.807) is 0 Å². The van der Waals surface area contributed by atoms with Gasteiger partial charge >= 0.3 is 0 Å². The van der Waals surface area contributed by atoms with Gasteiger partial charge in [0.25, 0.3) is 5.91 Å². The Morgan fingerprint density at radius 2 is 1.64 bits per heavy atom. The normalized spacial score (nSPS) is 18.5. The Labute approximate surface area is 64.2 Å². The molecule has 0 aromatic carbocycles. The third-order valence-electron chi connectivity index (χ3n) is 1.57. The maximum absolute atomic E-state index is 9.25. The standard InChI is InChI=1S/C5H14N2O4/c1-3(2)4(8,7-11)5(6,9)10/h3,7-11H,6H2,1-2H3. The highest BCUT2D eigenvalue weighted by atomic mass is 16.6. The Kier molecular flexibility index (Phi) is 2.95. The molecule has 1 atom stereocenters. The van der Waals surface area contributed by atoms with Crippen molar-refractivity contribution in [3.05, 3.63) is 0 Å². The van der Waals surface area contributed by atoms with Crippen molar-refractivity contribution in [1.82, 2.24) is 5.48 Å². The molecule has 0 saturated heterocycles. The minimum absolute atomic E-state index is 0.660. The molecule has 0 spiro atoms. The molecule has 0 bridgehead atoms. The van der Waals surface area contributed by atoms with Crippen LogP contribution in [0.2, 0.25) is 0 Å². The third-order valence-corrected chi connectivity index (χ3v) is 1.57. The van der Waals surface area contributed by atoms with Crippen LogP contribution in [0.25, 0.3) is 0 Å². The summed E-state index contributed by atoms with van der Waals surface area (Å²) in [6.07, 6.45) is 0. The van der Waals surface area contributed by atoms with E-state index in [1.165, 1.54) is 19.3 Å². The molecule has 0 aliphatic rings. The topological polar surface area (TPSA) is 119 Å². The maximum Gasteiger partial charge on any atom is 0.266 e. The van der Waals surface area contributed by atoms with Gasteiger partial charge in [0, 0.05) is 5.92 Å². The van der Waals surface area contributed by atoms with E-state index in [4.69, 9.17) is 21.2 Å². The number of hydrogen-bond acceptors (Lipinski definition) is 6. The molecular formula is C5H14N2O4. The predicted molar refractivity (Wildman–Crippen MR) is 36.1 cm³/mol. The summed E-state index contributed by atoms with van der Waals surface area (Å²) in [6.45, 7) is 2.91. The van der Waals surface area contributed by atoms with E-state index >= 15 is 0 Å². The number of nitrogens with two attached hydrogens (primary N) is 1. The van der Waals surface area contributed by atoms with E-state index in [2.05, 4.69) is 0 Å². The van der Waals surface area contributed by atoms with Crippen LogP contribution in [-0.4, -0.2) is 32.2 Å². The zero-order chi connectivity index (χ0) is 9.28. The summed E-state index contributed by atoms with van der Waals surface area (Å²) >= 11 is 0. The van der Waals surface area contributed by atoms with Crippen LogP contribution in [0.1, 0.15) is 13.8 Å². The molecule has 6 heteroatoms. The van der Waals surface area contributed by atoms with Gasteiger partial charge < -0.3 is 20.5 Å². The van der Waals surface area contributed by atoms with Crippen LogP contribution in [0, 0.1) is 5.92 Å². The minimum atomic E-state index is -2.88. The highest BCUT2D eigenvalue weighted by molar-refractivity contribution is 4.85. The molecule has 0 radical (unpaired) electrons. The number of hydroxylamine groups is 1. The average molecular weight is 166 g/mol. The summed E-state index contributed by atoms with van der Waals surface area (Å²) in [6, 6.07) is 0. The molecule has 0 aliphatic heterocycles. The Balaban J connectivity index is 4.61. The largest absolute Gasteiger partial charge is 0.368 e. The summed E-state index contributed by atoms with van der Waals surface area (Å²) in [4.78, 5) is 0. The van der Waals surface area contributed by atoms with Crippen LogP contribution < -0.4 is 11.2 Å². The van der Waals surface area contributed by atoms with Gasteiger partial charge in [-0.05, 0) is 0 Å². The second-order valence-corrected chi connectivity index (χ2v) is 2.76. The van der Waals surface area contributed by atoms with Crippen molar-refractivity contribution in [2.24, 2.45) is 11.7 Å². The van der Waals surface area contributed by atoms with Gasteiger partial charge in [0.2, 0.25) is 5.72 Å². The Morgan fingerprint density at radius 1 is 1.27 bits per heavy atom. The number of nitrogens with one attached hydrogen (secondary N) is 1. The van der Waals surface area contributed by atoms with E-state index in [0.717, 1.165) is 0 Å². The van der Waals surface area contributed by atoms with Crippen molar-refractivity contribution < 1.29 is 20.5 Å². The first kappa shape index (κ1) is 10.8. The van der Waals surface area contributed by atoms with Gasteiger partial charge in [0.1, 0.15) is 0 Å². The quantitative estimate of drug-likeness (QED) is 0.211. The predicted octanol–water partition coefficient (Wildman–Crippen LogP) is -2.09. The minimum Gasteiger partial charge on any atom is -0.368 e. The molecular weight excluding hydrogens is 152 g/mol. The maximum atomic E-state index is 9.25. The van der Waals surface area contributed by atoms with E-state index in [-0.39, 0.29) is 0 Å². The lowest BCUT2D eigenvalue weighted by molar-refractivity contribution is -0.323. The van der Waals surface area contributed by atoms with Crippen molar-refractivity contribution in [1.29, 1.82) is 0 Å². The molecule has 11 heavy (non-hydrogen) atoms. The molecule has 0 aliphatic carbocycles. The molecule has 6 nitrogen and oxygen atoms in total. The van der Waals surface area contributed by atoms with Gasteiger partial charge in [0.15, 0.2) is 0 Å². The first-order valence-electron chi connectivity index (χ1n) is 3.13. The third kappa shape index (κ3) is 1.86. The summed E-state index contributed by atoms with van der Waals surface area (Å²) in [7, 11) is 0. The van der Waals surface area contributed by atoms with E-state index in [9.17, 15) is 5.11 Å². The lowest BCUT2D eigenvalue weighted by Gasteiger charge is -2.37. The van der Waals surface area contributed by atoms with Crippen LogP contribution in [-0.2, 0) is 0 Å². The lowest BCUT2D eigenvalue weighted by atomic mass is 9.97. The van der Waals surface area contributed by atoms with E-state index in [0.29, 0.717) is 0 Å². The number of rotatable bonds is 3. The Hall–Kier alpha value is -0.240. The first-order chi connectivity index (χ1) is 4.75. The lowest BCUT2D eigenvalue weighted by Crippen LogP contribution is -2.70. The molecule has 0 amide bonds. The monoisotopic (exact) mass is 166 g/mol. The van der Waals surface area contributed by atoms with Crippen LogP contribution in [0.4, 0.5) is 0 Å². The summed E-state index contributed by atoms with van der Waals surface area (Å²) in [5.74, 6) is -3.54. The highest BCUT2D eigenvalue weighted by Crippen LogP contribution is 2.20. The summed E-state index contributed by atoms with van der Waals surface area (Å²) < 4.78 is 0. The highest BCUT2D eigenvalue weighted by Gasteiger charge is 2.48. The molecule has 0 saturated carbocycles. The van der Waals surface area contributed by atoms with Crippen molar-refractivity contribution in [2.75, 3.05) is 0 Å². The molecule has 0 rings (SSSR count). The fraction of sp³-hybridized carbons (Fsp3) is 1.00. The Bertz CT molecular complexity index is 133. The van der Waals surface area contributed by atoms with E-state index in [1.807, 2.05) is 0 Å². The molecule has 0 fully saturated rings. The average Bonchev–Trinajstić information content (AvgIpc) is 1.83. The van der Waals surface area contributed by atoms with Crippen LogP contribution in [0.3, 0.4) is 0 Å². The van der Waals surface area contributed by atoms with Crippen LogP contribution >= 0.6 is 0 Å². The van der Waals surface area contributed by atoms with Gasteiger partial charge in [-0.1, -0.05) is 13.8 Å². The number of aliphatic hydroxyl groups is 3. The summed E-state index contributed by atoms with van der Waals surface area (Å²) in [5.41, 5.74) is 3.79. The van der Waals surface area contributed by atoms with Crippen LogP contribution in [0.15, 0.2) is 0 Å². The summed E-state index contributed by atoms with van der Waals surface area (Å²) in [5, 5.41) is 35.2.